The fourth-order valence-electron chi connectivity index (χ4n) is 2.89. The van der Waals surface area contributed by atoms with Crippen LogP contribution in [0.15, 0.2) is 35.2 Å². The van der Waals surface area contributed by atoms with Gasteiger partial charge in [0, 0.05) is 0 Å². The Balaban J connectivity index is 2.42. The zero-order valence-corrected chi connectivity index (χ0v) is 15.7. The topological polar surface area (TPSA) is 28.1 Å². The van der Waals surface area contributed by atoms with E-state index in [1.54, 1.807) is 0 Å². The van der Waals surface area contributed by atoms with Gasteiger partial charge in [0.2, 0.25) is 0 Å². The molecule has 4 radical (unpaired) electrons. The van der Waals surface area contributed by atoms with Gasteiger partial charge in [0.05, 0.1) is 0 Å². The molecule has 0 amide bonds. The van der Waals surface area contributed by atoms with E-state index in [2.05, 4.69) is 49.0 Å². The summed E-state index contributed by atoms with van der Waals surface area (Å²) in [5.41, 5.74) is 5.69. The molecule has 3 rings (SSSR count). The van der Waals surface area contributed by atoms with Crippen LogP contribution in [0.5, 0.6) is 0 Å². The minimum absolute atomic E-state index is 0.222. The van der Waals surface area contributed by atoms with Crippen molar-refractivity contribution in [1.29, 1.82) is 5.26 Å². The van der Waals surface area contributed by atoms with Crippen LogP contribution in [0, 0.1) is 24.8 Å². The summed E-state index contributed by atoms with van der Waals surface area (Å²) >= 11 is -0.959. The van der Waals surface area contributed by atoms with Gasteiger partial charge in [-0.15, -0.1) is 0 Å². The number of allylic oxidation sites excluding steroid dienone is 5. The van der Waals surface area contributed by atoms with E-state index in [1.807, 2.05) is 0 Å². The predicted molar refractivity (Wildman–Crippen MR) is 83.7 cm³/mol. The fourth-order valence-corrected chi connectivity index (χ4v) is 10.5. The molecule has 20 heavy (non-hydrogen) atoms. The first-order chi connectivity index (χ1) is 9.65. The number of benzene rings is 1. The molecule has 90 valence electrons. The number of aryl methyl sites for hydroxylation is 1. The van der Waals surface area contributed by atoms with Gasteiger partial charge in [-0.25, -0.2) is 0 Å². The molecule has 0 N–H and O–H groups in total. The Morgan fingerprint density at radius 2 is 2.15 bits per heavy atom. The third kappa shape index (κ3) is 2.26. The SMILES string of the molecule is [C-]#[N+]/C(C#N)=C1\C2=C([P]=[K][C](C)=C2)c2ccc(C)cc21. The van der Waals surface area contributed by atoms with Crippen LogP contribution >= 0.6 is 1.16 Å². The summed E-state index contributed by atoms with van der Waals surface area (Å²) in [5.74, 6) is 0. The average molecular weight is 300 g/mol. The number of nitrogens with zero attached hydrogens (tertiary/aromatic N) is 2. The second-order valence-corrected chi connectivity index (χ2v) is 13.4. The Hall–Kier alpha value is -0.644. The quantitative estimate of drug-likeness (QED) is 0.303. The van der Waals surface area contributed by atoms with Gasteiger partial charge >= 0.3 is 146 Å². The van der Waals surface area contributed by atoms with E-state index in [-0.39, 0.29) is 5.70 Å². The summed E-state index contributed by atoms with van der Waals surface area (Å²) in [7, 11) is 0. The Morgan fingerprint density at radius 3 is 2.85 bits per heavy atom. The first-order valence-electron chi connectivity index (χ1n) is 6.66. The molecule has 0 saturated carbocycles. The fraction of sp³-hybridized carbons (Fsp3) is 0.125. The van der Waals surface area contributed by atoms with Crippen LogP contribution in [0.1, 0.15) is 23.6 Å². The molecule has 0 spiro atoms. The molecule has 1 aromatic carbocycles. The van der Waals surface area contributed by atoms with Crippen molar-refractivity contribution in [3.8, 4) is 6.07 Å². The van der Waals surface area contributed by atoms with Crippen LogP contribution in [0.4, 0.5) is 0 Å². The number of fused-ring (bicyclic) bond motifs is 2. The van der Waals surface area contributed by atoms with Crippen molar-refractivity contribution < 1.29 is 0 Å². The molecular formula is C16H10KN2P. The summed E-state index contributed by atoms with van der Waals surface area (Å²) in [6.45, 7) is 11.5. The van der Waals surface area contributed by atoms with Crippen molar-refractivity contribution in [3.63, 3.8) is 0 Å². The van der Waals surface area contributed by atoms with Crippen molar-refractivity contribution >= 4 is 57.1 Å². The predicted octanol–water partition coefficient (Wildman–Crippen LogP) is 4.36. The summed E-state index contributed by atoms with van der Waals surface area (Å²) < 4.78 is 3.00. The Bertz CT molecular complexity index is 826. The van der Waals surface area contributed by atoms with Crippen molar-refractivity contribution in [1.82, 2.24) is 0 Å². The van der Waals surface area contributed by atoms with E-state index in [9.17, 15) is 5.26 Å². The second kappa shape index (κ2) is 5.62. The van der Waals surface area contributed by atoms with E-state index in [4.69, 9.17) is 6.57 Å². The second-order valence-electron chi connectivity index (χ2n) is 5.43. The monoisotopic (exact) mass is 300 g/mol. The van der Waals surface area contributed by atoms with Gasteiger partial charge in [0.15, 0.2) is 0 Å². The van der Waals surface area contributed by atoms with Gasteiger partial charge in [-0.1, -0.05) is 0 Å². The van der Waals surface area contributed by atoms with Gasteiger partial charge in [0.1, 0.15) is 0 Å². The van der Waals surface area contributed by atoms with Crippen LogP contribution < -0.4 is 0 Å². The van der Waals surface area contributed by atoms with Crippen molar-refractivity contribution in [3.05, 3.63) is 63.3 Å². The maximum absolute atomic E-state index is 9.28. The van der Waals surface area contributed by atoms with Crippen LogP contribution in [-0.4, -0.2) is 45.0 Å². The molecule has 0 saturated heterocycles. The molecule has 4 heteroatoms. The van der Waals surface area contributed by atoms with Gasteiger partial charge in [-0.3, -0.25) is 0 Å². The Kier molecular flexibility index (Phi) is 4.02. The molecule has 0 unspecified atom stereocenters. The van der Waals surface area contributed by atoms with Crippen molar-refractivity contribution in [2.75, 3.05) is 0 Å². The first-order valence-corrected chi connectivity index (χ1v) is 13.8. The van der Waals surface area contributed by atoms with Crippen LogP contribution in [0.3, 0.4) is 0 Å². The van der Waals surface area contributed by atoms with Crippen LogP contribution in [-0.2, 0) is 0 Å². The molecule has 1 aliphatic heterocycles. The van der Waals surface area contributed by atoms with Crippen LogP contribution in [0.25, 0.3) is 15.7 Å². The van der Waals surface area contributed by atoms with E-state index in [0.29, 0.717) is 0 Å². The van der Waals surface area contributed by atoms with Crippen molar-refractivity contribution in [2.24, 2.45) is 0 Å². The van der Waals surface area contributed by atoms with Gasteiger partial charge in [-0.2, -0.15) is 0 Å². The zero-order valence-electron chi connectivity index (χ0n) is 11.7. The zero-order chi connectivity index (χ0) is 14.3. The first kappa shape index (κ1) is 14.3. The molecule has 1 aromatic rings. The van der Waals surface area contributed by atoms with Gasteiger partial charge < -0.3 is 0 Å². The van der Waals surface area contributed by atoms with E-state index in [1.165, 1.54) is 17.3 Å². The molecule has 2 nitrogen and oxygen atoms in total. The normalized spacial score (nSPS) is 18.7. The summed E-state index contributed by atoms with van der Waals surface area (Å²) in [5, 5.41) is 10.6. The molecular weight excluding hydrogens is 290 g/mol. The molecule has 0 bridgehead atoms. The summed E-state index contributed by atoms with van der Waals surface area (Å²) in [4.78, 5) is 3.45. The van der Waals surface area contributed by atoms with Crippen molar-refractivity contribution in [2.45, 2.75) is 13.8 Å². The number of hydrogen-bond acceptors (Lipinski definition) is 1. The Labute approximate surface area is 143 Å². The van der Waals surface area contributed by atoms with E-state index in [0.717, 1.165) is 16.7 Å². The molecule has 2 aliphatic rings. The molecule has 0 atom stereocenters. The third-order valence-corrected chi connectivity index (χ3v) is 12.6. The molecule has 1 aliphatic carbocycles. The Morgan fingerprint density at radius 1 is 1.35 bits per heavy atom. The van der Waals surface area contributed by atoms with E-state index < -0.39 is 45.0 Å². The third-order valence-electron chi connectivity index (χ3n) is 3.80. The van der Waals surface area contributed by atoms with E-state index >= 15 is 0 Å². The summed E-state index contributed by atoms with van der Waals surface area (Å²) in [6, 6.07) is 8.46. The summed E-state index contributed by atoms with van der Waals surface area (Å²) in [6.07, 6.45) is 2.24. The number of hydrogen-bond donors (Lipinski definition) is 0. The number of nitriles is 1. The number of rotatable bonds is 0. The molecule has 0 fully saturated rings. The maximum atomic E-state index is 9.28. The average Bonchev–Trinajstić information content (AvgIpc) is 2.74. The molecule has 1 heterocycles. The standard InChI is InChI=1S/C16H10N2P.K/c1-4-5-12-15(14(9-17)18-3)13-8-10(2)6-7-11(13)16(12)19;/h5-8H,1-2H3;/b5-4?,15-14+;. The van der Waals surface area contributed by atoms with Gasteiger partial charge in [0.25, 0.3) is 0 Å². The van der Waals surface area contributed by atoms with Gasteiger partial charge in [-0.05, 0) is 0 Å². The van der Waals surface area contributed by atoms with Crippen LogP contribution in [0.2, 0.25) is 0 Å². The minimum atomic E-state index is -0.959. The molecule has 0 aromatic heterocycles.